The highest BCUT2D eigenvalue weighted by Crippen LogP contribution is 2.39. The average molecular weight is 241 g/mol. The molecule has 0 atom stereocenters. The lowest BCUT2D eigenvalue weighted by molar-refractivity contribution is 0.163. The molecule has 1 fully saturated rings. The molecule has 6 heteroatoms. The third-order valence-corrected chi connectivity index (χ3v) is 2.82. The minimum absolute atomic E-state index is 0.0923. The summed E-state index contributed by atoms with van der Waals surface area (Å²) in [6, 6.07) is 0. The Morgan fingerprint density at radius 2 is 2.00 bits per heavy atom. The van der Waals surface area contributed by atoms with Crippen LogP contribution in [-0.2, 0) is 6.54 Å². The summed E-state index contributed by atoms with van der Waals surface area (Å²) in [5.41, 5.74) is 0. The van der Waals surface area contributed by atoms with Crippen LogP contribution in [0.3, 0.4) is 0 Å². The first-order chi connectivity index (χ1) is 8.33. The molecule has 0 spiro atoms. The van der Waals surface area contributed by atoms with Gasteiger partial charge in [-0.3, -0.25) is 4.90 Å². The molecule has 6 nitrogen and oxygen atoms in total. The predicted molar refractivity (Wildman–Crippen MR) is 60.3 cm³/mol. The second-order valence-electron chi connectivity index (χ2n) is 4.39. The second kappa shape index (κ2) is 6.09. The van der Waals surface area contributed by atoms with Gasteiger partial charge in [0.1, 0.15) is 0 Å². The molecule has 1 heterocycles. The van der Waals surface area contributed by atoms with E-state index in [4.69, 9.17) is 14.6 Å². The number of hydrogen-bond donors (Lipinski definition) is 2. The molecule has 96 valence electrons. The second-order valence-corrected chi connectivity index (χ2v) is 4.39. The Kier molecular flexibility index (Phi) is 4.47. The third-order valence-electron chi connectivity index (χ3n) is 2.82. The van der Waals surface area contributed by atoms with Crippen LogP contribution in [-0.4, -0.2) is 51.6 Å². The maximum absolute atomic E-state index is 8.95. The zero-order valence-electron chi connectivity index (χ0n) is 9.88. The molecule has 2 rings (SSSR count). The van der Waals surface area contributed by atoms with Crippen molar-refractivity contribution in [2.24, 2.45) is 0 Å². The van der Waals surface area contributed by atoms with Gasteiger partial charge in [0.05, 0.1) is 13.2 Å². The van der Waals surface area contributed by atoms with Crippen LogP contribution in [0, 0.1) is 0 Å². The Balaban J connectivity index is 1.85. The fraction of sp³-hybridized carbons (Fsp3) is 0.818. The highest BCUT2D eigenvalue weighted by molar-refractivity contribution is 5.00. The van der Waals surface area contributed by atoms with Crippen LogP contribution in [0.4, 0.5) is 0 Å². The van der Waals surface area contributed by atoms with Crippen LogP contribution in [0.1, 0.15) is 37.0 Å². The highest BCUT2D eigenvalue weighted by Gasteiger charge is 2.29. The van der Waals surface area contributed by atoms with Crippen molar-refractivity contribution < 1.29 is 14.6 Å². The molecule has 1 aliphatic carbocycles. The molecule has 0 radical (unpaired) electrons. The van der Waals surface area contributed by atoms with Crippen molar-refractivity contribution in [1.29, 1.82) is 0 Å². The fourth-order valence-electron chi connectivity index (χ4n) is 1.72. The Morgan fingerprint density at radius 3 is 2.65 bits per heavy atom. The van der Waals surface area contributed by atoms with Gasteiger partial charge >= 0.3 is 0 Å². The molecule has 0 amide bonds. The van der Waals surface area contributed by atoms with E-state index in [1.165, 1.54) is 0 Å². The van der Waals surface area contributed by atoms with Gasteiger partial charge in [0.2, 0.25) is 11.8 Å². The van der Waals surface area contributed by atoms with Crippen LogP contribution < -0.4 is 0 Å². The van der Waals surface area contributed by atoms with Gasteiger partial charge < -0.3 is 14.6 Å². The monoisotopic (exact) mass is 241 g/mol. The molecular formula is C11H19N3O3. The van der Waals surface area contributed by atoms with Gasteiger partial charge in [0.15, 0.2) is 0 Å². The fourth-order valence-corrected chi connectivity index (χ4v) is 1.72. The summed E-state index contributed by atoms with van der Waals surface area (Å²) < 4.78 is 5.56. The number of aliphatic hydroxyl groups excluding tert-OH is 2. The van der Waals surface area contributed by atoms with Gasteiger partial charge in [-0.15, -0.1) is 10.2 Å². The summed E-state index contributed by atoms with van der Waals surface area (Å²) in [7, 11) is 0. The SMILES string of the molecule is OCCCN(CCO)Cc1nnc(C2CC2)o1. The van der Waals surface area contributed by atoms with E-state index >= 15 is 0 Å². The summed E-state index contributed by atoms with van der Waals surface area (Å²) in [4.78, 5) is 2.00. The van der Waals surface area contributed by atoms with Crippen LogP contribution in [0.15, 0.2) is 4.42 Å². The summed E-state index contributed by atoms with van der Waals surface area (Å²) in [6.07, 6.45) is 2.97. The first-order valence-electron chi connectivity index (χ1n) is 6.10. The maximum atomic E-state index is 8.95. The largest absolute Gasteiger partial charge is 0.424 e. The molecule has 0 saturated heterocycles. The molecule has 2 N–H and O–H groups in total. The maximum Gasteiger partial charge on any atom is 0.230 e. The number of aromatic nitrogens is 2. The van der Waals surface area contributed by atoms with Gasteiger partial charge in [-0.1, -0.05) is 0 Å². The van der Waals surface area contributed by atoms with E-state index in [0.717, 1.165) is 25.3 Å². The van der Waals surface area contributed by atoms with Crippen molar-refractivity contribution in [2.45, 2.75) is 31.7 Å². The predicted octanol–water partition coefficient (Wildman–Crippen LogP) is 0.124. The molecule has 17 heavy (non-hydrogen) atoms. The minimum Gasteiger partial charge on any atom is -0.424 e. The lowest BCUT2D eigenvalue weighted by atomic mass is 10.4. The van der Waals surface area contributed by atoms with Crippen molar-refractivity contribution in [2.75, 3.05) is 26.3 Å². The van der Waals surface area contributed by atoms with Crippen molar-refractivity contribution >= 4 is 0 Å². The topological polar surface area (TPSA) is 82.6 Å². The van der Waals surface area contributed by atoms with E-state index in [1.54, 1.807) is 0 Å². The molecule has 0 bridgehead atoms. The molecule has 1 saturated carbocycles. The Morgan fingerprint density at radius 1 is 1.18 bits per heavy atom. The van der Waals surface area contributed by atoms with Gasteiger partial charge in [-0.05, 0) is 19.3 Å². The average Bonchev–Trinajstić information content (AvgIpc) is 3.08. The number of rotatable bonds is 8. The van der Waals surface area contributed by atoms with E-state index in [2.05, 4.69) is 10.2 Å². The van der Waals surface area contributed by atoms with E-state index in [1.807, 2.05) is 4.90 Å². The number of nitrogens with zero attached hydrogens (tertiary/aromatic N) is 3. The Labute approximate surface area is 100 Å². The zero-order chi connectivity index (χ0) is 12.1. The molecule has 1 aliphatic rings. The zero-order valence-corrected chi connectivity index (χ0v) is 9.88. The van der Waals surface area contributed by atoms with Crippen LogP contribution in [0.25, 0.3) is 0 Å². The van der Waals surface area contributed by atoms with E-state index in [-0.39, 0.29) is 13.2 Å². The van der Waals surface area contributed by atoms with E-state index in [9.17, 15) is 0 Å². The molecule has 0 unspecified atom stereocenters. The minimum atomic E-state index is 0.0923. The summed E-state index contributed by atoms with van der Waals surface area (Å²) >= 11 is 0. The Hall–Kier alpha value is -0.980. The normalized spacial score (nSPS) is 15.7. The van der Waals surface area contributed by atoms with Gasteiger partial charge in [0, 0.05) is 25.6 Å². The first-order valence-corrected chi connectivity index (χ1v) is 6.10. The first kappa shape index (κ1) is 12.5. The third kappa shape index (κ3) is 3.76. The molecule has 0 aliphatic heterocycles. The standard InChI is InChI=1S/C11H19N3O3/c15-6-1-4-14(5-7-16)8-10-12-13-11(17-10)9-2-3-9/h9,15-16H,1-8H2. The molecule has 1 aromatic rings. The summed E-state index contributed by atoms with van der Waals surface area (Å²) in [5.74, 6) is 1.81. The molecule has 0 aromatic carbocycles. The highest BCUT2D eigenvalue weighted by atomic mass is 16.4. The van der Waals surface area contributed by atoms with E-state index < -0.39 is 0 Å². The summed E-state index contributed by atoms with van der Waals surface area (Å²) in [6.45, 7) is 2.06. The summed E-state index contributed by atoms with van der Waals surface area (Å²) in [5, 5.41) is 25.8. The van der Waals surface area contributed by atoms with Crippen LogP contribution in [0.5, 0.6) is 0 Å². The molecular weight excluding hydrogens is 222 g/mol. The van der Waals surface area contributed by atoms with Crippen molar-refractivity contribution in [3.63, 3.8) is 0 Å². The van der Waals surface area contributed by atoms with Crippen molar-refractivity contribution in [3.05, 3.63) is 11.8 Å². The lowest BCUT2D eigenvalue weighted by Crippen LogP contribution is -2.28. The van der Waals surface area contributed by atoms with Crippen LogP contribution >= 0.6 is 0 Å². The lowest BCUT2D eigenvalue weighted by Gasteiger charge is -2.18. The smallest absolute Gasteiger partial charge is 0.230 e. The van der Waals surface area contributed by atoms with Crippen LogP contribution in [0.2, 0.25) is 0 Å². The van der Waals surface area contributed by atoms with Crippen molar-refractivity contribution in [1.82, 2.24) is 15.1 Å². The number of hydrogen-bond acceptors (Lipinski definition) is 6. The van der Waals surface area contributed by atoms with Gasteiger partial charge in [-0.2, -0.15) is 0 Å². The van der Waals surface area contributed by atoms with Gasteiger partial charge in [-0.25, -0.2) is 0 Å². The number of aliphatic hydroxyl groups is 2. The van der Waals surface area contributed by atoms with E-state index in [0.29, 0.717) is 31.3 Å². The Bertz CT molecular complexity index is 338. The van der Waals surface area contributed by atoms with Gasteiger partial charge in [0.25, 0.3) is 0 Å². The van der Waals surface area contributed by atoms with Crippen molar-refractivity contribution in [3.8, 4) is 0 Å². The molecule has 1 aromatic heterocycles. The quantitative estimate of drug-likeness (QED) is 0.673.